The molecule has 0 spiro atoms. The first-order valence-electron chi connectivity index (χ1n) is 8.58. The molecule has 2 atom stereocenters. The quantitative estimate of drug-likeness (QED) is 0.849. The van der Waals surface area contributed by atoms with Crippen molar-refractivity contribution < 1.29 is 14.6 Å². The molecule has 2 N–H and O–H groups in total. The second-order valence-electron chi connectivity index (χ2n) is 6.48. The lowest BCUT2D eigenvalue weighted by Gasteiger charge is -2.33. The van der Waals surface area contributed by atoms with Crippen LogP contribution in [-0.2, 0) is 16.0 Å². The molecule has 1 aromatic carbocycles. The molecule has 0 saturated carbocycles. The Hall–Kier alpha value is -1.43. The summed E-state index contributed by atoms with van der Waals surface area (Å²) >= 11 is 0. The topological polar surface area (TPSA) is 61.8 Å². The minimum atomic E-state index is -0.386. The molecule has 126 valence electrons. The van der Waals surface area contributed by atoms with Crippen molar-refractivity contribution in [2.24, 2.45) is 0 Å². The number of hydrogen-bond acceptors (Lipinski definition) is 4. The SMILES string of the molecule is O=C([C@@H]1C[C@H](O)CN1)N1CCC(OCCc2ccccc2)CC1. The van der Waals surface area contributed by atoms with E-state index >= 15 is 0 Å². The Bertz CT molecular complexity index is 500. The molecule has 0 aliphatic carbocycles. The maximum atomic E-state index is 12.4. The predicted molar refractivity (Wildman–Crippen MR) is 88.1 cm³/mol. The minimum absolute atomic E-state index is 0.129. The Kier molecular flexibility index (Phi) is 5.65. The van der Waals surface area contributed by atoms with Crippen LogP contribution in [0.5, 0.6) is 0 Å². The lowest BCUT2D eigenvalue weighted by molar-refractivity contribution is -0.135. The van der Waals surface area contributed by atoms with Crippen molar-refractivity contribution in [3.05, 3.63) is 35.9 Å². The highest BCUT2D eigenvalue weighted by Gasteiger charge is 2.33. The number of ether oxygens (including phenoxy) is 1. The standard InChI is InChI=1S/C18H26N2O3/c21-15-12-17(19-13-15)18(22)20-9-6-16(7-10-20)23-11-8-14-4-2-1-3-5-14/h1-5,15-17,19,21H,6-13H2/t15-,17-/m0/s1. The summed E-state index contributed by atoms with van der Waals surface area (Å²) in [7, 11) is 0. The first-order valence-corrected chi connectivity index (χ1v) is 8.58. The van der Waals surface area contributed by atoms with Gasteiger partial charge in [-0.2, -0.15) is 0 Å². The molecule has 2 heterocycles. The van der Waals surface area contributed by atoms with Crippen LogP contribution in [0.1, 0.15) is 24.8 Å². The fourth-order valence-corrected chi connectivity index (χ4v) is 3.36. The van der Waals surface area contributed by atoms with Crippen molar-refractivity contribution in [2.75, 3.05) is 26.2 Å². The number of piperidine rings is 1. The van der Waals surface area contributed by atoms with Crippen LogP contribution >= 0.6 is 0 Å². The van der Waals surface area contributed by atoms with Crippen molar-refractivity contribution in [3.8, 4) is 0 Å². The van der Waals surface area contributed by atoms with Gasteiger partial charge in [0.2, 0.25) is 5.91 Å². The Morgan fingerprint density at radius 1 is 1.26 bits per heavy atom. The maximum absolute atomic E-state index is 12.4. The zero-order valence-electron chi connectivity index (χ0n) is 13.5. The summed E-state index contributed by atoms with van der Waals surface area (Å²) in [5.41, 5.74) is 1.30. The molecular weight excluding hydrogens is 292 g/mol. The van der Waals surface area contributed by atoms with Crippen molar-refractivity contribution in [1.82, 2.24) is 10.2 Å². The second-order valence-corrected chi connectivity index (χ2v) is 6.48. The number of benzene rings is 1. The molecule has 1 aromatic rings. The van der Waals surface area contributed by atoms with E-state index in [9.17, 15) is 9.90 Å². The van der Waals surface area contributed by atoms with Crippen LogP contribution in [0.4, 0.5) is 0 Å². The number of carbonyl (C=O) groups excluding carboxylic acids is 1. The van der Waals surface area contributed by atoms with Crippen molar-refractivity contribution >= 4 is 5.91 Å². The Balaban J connectivity index is 1.36. The van der Waals surface area contributed by atoms with Crippen LogP contribution in [0.15, 0.2) is 30.3 Å². The number of carbonyl (C=O) groups is 1. The smallest absolute Gasteiger partial charge is 0.239 e. The largest absolute Gasteiger partial charge is 0.392 e. The average molecular weight is 318 g/mol. The van der Waals surface area contributed by atoms with Crippen LogP contribution in [0, 0.1) is 0 Å². The minimum Gasteiger partial charge on any atom is -0.392 e. The Morgan fingerprint density at radius 2 is 2.00 bits per heavy atom. The van der Waals surface area contributed by atoms with Gasteiger partial charge in [0, 0.05) is 19.6 Å². The van der Waals surface area contributed by atoms with E-state index in [4.69, 9.17) is 4.74 Å². The number of nitrogens with zero attached hydrogens (tertiary/aromatic N) is 1. The summed E-state index contributed by atoms with van der Waals surface area (Å²) in [6, 6.07) is 10.2. The Labute approximate surface area is 137 Å². The third kappa shape index (κ3) is 4.53. The van der Waals surface area contributed by atoms with E-state index in [-0.39, 0.29) is 24.2 Å². The van der Waals surface area contributed by atoms with E-state index in [1.165, 1.54) is 5.56 Å². The van der Waals surface area contributed by atoms with Gasteiger partial charge < -0.3 is 20.1 Å². The van der Waals surface area contributed by atoms with Gasteiger partial charge in [-0.05, 0) is 31.2 Å². The molecule has 0 unspecified atom stereocenters. The highest BCUT2D eigenvalue weighted by molar-refractivity contribution is 5.82. The summed E-state index contributed by atoms with van der Waals surface area (Å²) in [5, 5.41) is 12.6. The van der Waals surface area contributed by atoms with Gasteiger partial charge in [0.15, 0.2) is 0 Å². The van der Waals surface area contributed by atoms with E-state index in [1.54, 1.807) is 0 Å². The molecule has 5 nitrogen and oxygen atoms in total. The number of amides is 1. The van der Waals surface area contributed by atoms with E-state index in [2.05, 4.69) is 17.4 Å². The van der Waals surface area contributed by atoms with Gasteiger partial charge in [-0.25, -0.2) is 0 Å². The zero-order valence-corrected chi connectivity index (χ0v) is 13.5. The fourth-order valence-electron chi connectivity index (χ4n) is 3.36. The van der Waals surface area contributed by atoms with Gasteiger partial charge in [-0.3, -0.25) is 4.79 Å². The summed E-state index contributed by atoms with van der Waals surface area (Å²) in [6.45, 7) is 2.76. The molecule has 2 saturated heterocycles. The normalized spacial score (nSPS) is 25.7. The number of nitrogens with one attached hydrogen (secondary N) is 1. The highest BCUT2D eigenvalue weighted by Crippen LogP contribution is 2.17. The molecule has 0 aromatic heterocycles. The first-order chi connectivity index (χ1) is 11.2. The van der Waals surface area contributed by atoms with Gasteiger partial charge in [-0.15, -0.1) is 0 Å². The van der Waals surface area contributed by atoms with E-state index < -0.39 is 0 Å². The van der Waals surface area contributed by atoms with Crippen molar-refractivity contribution in [3.63, 3.8) is 0 Å². The molecule has 0 radical (unpaired) electrons. The van der Waals surface area contributed by atoms with E-state index in [1.807, 2.05) is 23.1 Å². The molecule has 3 rings (SSSR count). The number of β-amino-alcohol motifs (C(OH)–C–C–N with tert-alkyl or cyclic N) is 1. The van der Waals surface area contributed by atoms with Gasteiger partial charge in [0.05, 0.1) is 24.9 Å². The van der Waals surface area contributed by atoms with Crippen LogP contribution < -0.4 is 5.32 Å². The Morgan fingerprint density at radius 3 is 2.65 bits per heavy atom. The number of rotatable bonds is 5. The van der Waals surface area contributed by atoms with Crippen LogP contribution in [-0.4, -0.2) is 60.4 Å². The van der Waals surface area contributed by atoms with Gasteiger partial charge in [0.1, 0.15) is 0 Å². The van der Waals surface area contributed by atoms with E-state index in [0.717, 1.165) is 39.0 Å². The number of likely N-dealkylation sites (tertiary alicyclic amines) is 1. The molecular formula is C18H26N2O3. The molecule has 0 bridgehead atoms. The van der Waals surface area contributed by atoms with Crippen LogP contribution in [0.3, 0.4) is 0 Å². The van der Waals surface area contributed by atoms with Crippen molar-refractivity contribution in [2.45, 2.75) is 43.9 Å². The summed E-state index contributed by atoms with van der Waals surface area (Å²) in [6.07, 6.45) is 3.13. The maximum Gasteiger partial charge on any atom is 0.239 e. The molecule has 1 amide bonds. The van der Waals surface area contributed by atoms with Crippen molar-refractivity contribution in [1.29, 1.82) is 0 Å². The summed E-state index contributed by atoms with van der Waals surface area (Å²) in [5.74, 6) is 0.129. The molecule has 5 heteroatoms. The van der Waals surface area contributed by atoms with Crippen LogP contribution in [0.2, 0.25) is 0 Å². The molecule has 2 aliphatic heterocycles. The average Bonchev–Trinajstić information content (AvgIpc) is 3.02. The number of aliphatic hydroxyl groups excluding tert-OH is 1. The third-order valence-corrected chi connectivity index (χ3v) is 4.75. The van der Waals surface area contributed by atoms with E-state index in [0.29, 0.717) is 13.0 Å². The molecule has 23 heavy (non-hydrogen) atoms. The fraction of sp³-hybridized carbons (Fsp3) is 0.611. The lowest BCUT2D eigenvalue weighted by atomic mass is 10.1. The van der Waals surface area contributed by atoms with Gasteiger partial charge >= 0.3 is 0 Å². The highest BCUT2D eigenvalue weighted by atomic mass is 16.5. The third-order valence-electron chi connectivity index (χ3n) is 4.75. The summed E-state index contributed by atoms with van der Waals surface area (Å²) in [4.78, 5) is 14.3. The molecule has 2 aliphatic rings. The monoisotopic (exact) mass is 318 g/mol. The summed E-state index contributed by atoms with van der Waals surface area (Å²) < 4.78 is 5.96. The predicted octanol–water partition coefficient (Wildman–Crippen LogP) is 0.960. The first kappa shape index (κ1) is 16.4. The van der Waals surface area contributed by atoms with Gasteiger partial charge in [-0.1, -0.05) is 30.3 Å². The molecule has 2 fully saturated rings. The zero-order chi connectivity index (χ0) is 16.1. The second kappa shape index (κ2) is 7.90. The number of aliphatic hydroxyl groups is 1. The van der Waals surface area contributed by atoms with Gasteiger partial charge in [0.25, 0.3) is 0 Å². The number of hydrogen-bond donors (Lipinski definition) is 2. The lowest BCUT2D eigenvalue weighted by Crippen LogP contribution is -2.48. The van der Waals surface area contributed by atoms with Crippen LogP contribution in [0.25, 0.3) is 0 Å².